The summed E-state index contributed by atoms with van der Waals surface area (Å²) in [6.07, 6.45) is 3.88. The molecule has 0 bridgehead atoms. The molecule has 0 radical (unpaired) electrons. The average molecular weight is 285 g/mol. The number of halogens is 1. The Morgan fingerprint density at radius 1 is 1.21 bits per heavy atom. The maximum absolute atomic E-state index is 8.74. The fourth-order valence-electron chi connectivity index (χ4n) is 2.06. The highest BCUT2D eigenvalue weighted by Crippen LogP contribution is 2.15. The van der Waals surface area contributed by atoms with Gasteiger partial charge in [0.1, 0.15) is 0 Å². The molecule has 1 aromatic carbocycles. The lowest BCUT2D eigenvalue weighted by molar-refractivity contribution is 0.280. The van der Waals surface area contributed by atoms with E-state index in [1.54, 1.807) is 0 Å². The Morgan fingerprint density at radius 3 is 2.47 bits per heavy atom. The van der Waals surface area contributed by atoms with Gasteiger partial charge < -0.3 is 16.2 Å². The molecule has 1 atom stereocenters. The number of unbranched alkanes of at least 4 members (excludes halogenated alkanes) is 2. The van der Waals surface area contributed by atoms with Crippen LogP contribution in [0.1, 0.15) is 31.7 Å². The van der Waals surface area contributed by atoms with E-state index >= 15 is 0 Å². The predicted octanol–water partition coefficient (Wildman–Crippen LogP) is 2.35. The van der Waals surface area contributed by atoms with Gasteiger partial charge in [-0.05, 0) is 56.8 Å². The Bertz CT molecular complexity index is 356. The molecule has 4 N–H and O–H groups in total. The van der Waals surface area contributed by atoms with E-state index in [4.69, 9.17) is 22.4 Å². The SMILES string of the molecule is CC(CN)(Cc1ccc(Cl)cc1)NCCCCCO. The molecule has 0 aromatic heterocycles. The van der Waals surface area contributed by atoms with Crippen LogP contribution in [0.3, 0.4) is 0 Å². The molecular formula is C15H25ClN2O. The summed E-state index contributed by atoms with van der Waals surface area (Å²) in [6.45, 7) is 3.95. The molecule has 0 fully saturated rings. The predicted molar refractivity (Wildman–Crippen MR) is 81.6 cm³/mol. The van der Waals surface area contributed by atoms with Gasteiger partial charge >= 0.3 is 0 Å². The molecule has 0 aliphatic rings. The highest BCUT2D eigenvalue weighted by molar-refractivity contribution is 6.30. The lowest BCUT2D eigenvalue weighted by Crippen LogP contribution is -2.50. The van der Waals surface area contributed by atoms with Gasteiger partial charge in [-0.3, -0.25) is 0 Å². The van der Waals surface area contributed by atoms with E-state index in [-0.39, 0.29) is 12.1 Å². The summed E-state index contributed by atoms with van der Waals surface area (Å²) in [6, 6.07) is 7.91. The Labute approximate surface area is 121 Å². The van der Waals surface area contributed by atoms with Crippen molar-refractivity contribution < 1.29 is 5.11 Å². The molecule has 1 rings (SSSR count). The van der Waals surface area contributed by atoms with E-state index in [0.29, 0.717) is 6.54 Å². The van der Waals surface area contributed by atoms with Gasteiger partial charge in [-0.25, -0.2) is 0 Å². The summed E-state index contributed by atoms with van der Waals surface area (Å²) >= 11 is 5.89. The van der Waals surface area contributed by atoms with E-state index in [9.17, 15) is 0 Å². The Kier molecular flexibility index (Phi) is 7.39. The number of aliphatic hydroxyl groups excluding tert-OH is 1. The summed E-state index contributed by atoms with van der Waals surface area (Å²) in [5.41, 5.74) is 7.04. The third-order valence-electron chi connectivity index (χ3n) is 3.34. The fraction of sp³-hybridized carbons (Fsp3) is 0.600. The summed E-state index contributed by atoms with van der Waals surface area (Å²) in [5.74, 6) is 0. The van der Waals surface area contributed by atoms with E-state index in [0.717, 1.165) is 37.3 Å². The molecular weight excluding hydrogens is 260 g/mol. The summed E-state index contributed by atoms with van der Waals surface area (Å²) < 4.78 is 0. The van der Waals surface area contributed by atoms with Crippen molar-refractivity contribution in [1.82, 2.24) is 5.32 Å². The molecule has 0 spiro atoms. The van der Waals surface area contributed by atoms with Crippen LogP contribution in [0.25, 0.3) is 0 Å². The van der Waals surface area contributed by atoms with E-state index in [1.165, 1.54) is 5.56 Å². The zero-order valence-electron chi connectivity index (χ0n) is 11.7. The molecule has 0 amide bonds. The first-order valence-corrected chi connectivity index (χ1v) is 7.28. The molecule has 4 heteroatoms. The van der Waals surface area contributed by atoms with Crippen LogP contribution in [0.5, 0.6) is 0 Å². The monoisotopic (exact) mass is 284 g/mol. The number of benzene rings is 1. The van der Waals surface area contributed by atoms with Crippen LogP contribution >= 0.6 is 11.6 Å². The van der Waals surface area contributed by atoms with Crippen LogP contribution in [-0.2, 0) is 6.42 Å². The molecule has 0 aliphatic heterocycles. The van der Waals surface area contributed by atoms with Gasteiger partial charge in [0.15, 0.2) is 0 Å². The minimum absolute atomic E-state index is 0.0902. The molecule has 1 aromatic rings. The zero-order valence-corrected chi connectivity index (χ0v) is 12.4. The van der Waals surface area contributed by atoms with E-state index in [2.05, 4.69) is 12.2 Å². The van der Waals surface area contributed by atoms with Crippen molar-refractivity contribution in [2.24, 2.45) is 5.73 Å². The normalized spacial score (nSPS) is 14.3. The minimum atomic E-state index is -0.0902. The van der Waals surface area contributed by atoms with Crippen LogP contribution in [0.4, 0.5) is 0 Å². The van der Waals surface area contributed by atoms with Crippen LogP contribution < -0.4 is 11.1 Å². The lowest BCUT2D eigenvalue weighted by atomic mass is 9.92. The maximum Gasteiger partial charge on any atom is 0.0431 e. The van der Waals surface area contributed by atoms with Crippen molar-refractivity contribution in [3.05, 3.63) is 34.9 Å². The molecule has 0 saturated carbocycles. The Balaban J connectivity index is 2.43. The Morgan fingerprint density at radius 2 is 1.89 bits per heavy atom. The number of hydrogen-bond donors (Lipinski definition) is 3. The van der Waals surface area contributed by atoms with Gasteiger partial charge in [0.05, 0.1) is 0 Å². The second-order valence-electron chi connectivity index (χ2n) is 5.28. The third kappa shape index (κ3) is 6.39. The quantitative estimate of drug-likeness (QED) is 0.610. The van der Waals surface area contributed by atoms with Gasteiger partial charge in [-0.15, -0.1) is 0 Å². The topological polar surface area (TPSA) is 58.3 Å². The second-order valence-corrected chi connectivity index (χ2v) is 5.72. The zero-order chi connectivity index (χ0) is 14.1. The van der Waals surface area contributed by atoms with Gasteiger partial charge in [0, 0.05) is 23.7 Å². The number of nitrogens with one attached hydrogen (secondary N) is 1. The molecule has 19 heavy (non-hydrogen) atoms. The van der Waals surface area contributed by atoms with Crippen molar-refractivity contribution in [2.75, 3.05) is 19.7 Å². The third-order valence-corrected chi connectivity index (χ3v) is 3.60. The maximum atomic E-state index is 8.74. The number of nitrogens with two attached hydrogens (primary N) is 1. The smallest absolute Gasteiger partial charge is 0.0431 e. The van der Waals surface area contributed by atoms with Gasteiger partial charge in [0.25, 0.3) is 0 Å². The van der Waals surface area contributed by atoms with Gasteiger partial charge in [0.2, 0.25) is 0 Å². The van der Waals surface area contributed by atoms with Crippen molar-refractivity contribution in [3.63, 3.8) is 0 Å². The highest BCUT2D eigenvalue weighted by atomic mass is 35.5. The molecule has 0 saturated heterocycles. The fourth-order valence-corrected chi connectivity index (χ4v) is 2.19. The number of rotatable bonds is 9. The molecule has 3 nitrogen and oxygen atoms in total. The molecule has 0 aliphatic carbocycles. The molecule has 108 valence electrons. The second kappa shape index (κ2) is 8.54. The van der Waals surface area contributed by atoms with Crippen LogP contribution in [0.2, 0.25) is 5.02 Å². The molecule has 0 heterocycles. The largest absolute Gasteiger partial charge is 0.396 e. The van der Waals surface area contributed by atoms with Crippen LogP contribution in [-0.4, -0.2) is 30.3 Å². The van der Waals surface area contributed by atoms with Crippen LogP contribution in [0.15, 0.2) is 24.3 Å². The van der Waals surface area contributed by atoms with Gasteiger partial charge in [-0.2, -0.15) is 0 Å². The summed E-state index contributed by atoms with van der Waals surface area (Å²) in [7, 11) is 0. The lowest BCUT2D eigenvalue weighted by Gasteiger charge is -2.30. The average Bonchev–Trinajstić information content (AvgIpc) is 2.41. The first-order valence-electron chi connectivity index (χ1n) is 6.90. The number of hydrogen-bond acceptors (Lipinski definition) is 3. The van der Waals surface area contributed by atoms with E-state index < -0.39 is 0 Å². The highest BCUT2D eigenvalue weighted by Gasteiger charge is 2.21. The summed E-state index contributed by atoms with van der Waals surface area (Å²) in [4.78, 5) is 0. The van der Waals surface area contributed by atoms with Crippen molar-refractivity contribution in [1.29, 1.82) is 0 Å². The summed E-state index contributed by atoms with van der Waals surface area (Å²) in [5, 5.41) is 13.0. The van der Waals surface area contributed by atoms with Crippen molar-refractivity contribution in [2.45, 2.75) is 38.1 Å². The number of aliphatic hydroxyl groups is 1. The molecule has 1 unspecified atom stereocenters. The van der Waals surface area contributed by atoms with E-state index in [1.807, 2.05) is 24.3 Å². The standard InChI is InChI=1S/C15H25ClN2O/c1-15(12-17,18-9-3-2-4-10-19)11-13-5-7-14(16)8-6-13/h5-8,18-19H,2-4,9-12,17H2,1H3. The van der Waals surface area contributed by atoms with Gasteiger partial charge in [-0.1, -0.05) is 23.7 Å². The minimum Gasteiger partial charge on any atom is -0.396 e. The van der Waals surface area contributed by atoms with Crippen LogP contribution in [0, 0.1) is 0 Å². The van der Waals surface area contributed by atoms with Crippen molar-refractivity contribution in [3.8, 4) is 0 Å². The Hall–Kier alpha value is -0.610. The van der Waals surface area contributed by atoms with Crippen molar-refractivity contribution >= 4 is 11.6 Å². The first-order chi connectivity index (χ1) is 9.09. The first kappa shape index (κ1) is 16.4.